The molecule has 5 aliphatic rings. The van der Waals surface area contributed by atoms with Crippen molar-refractivity contribution in [2.45, 2.75) is 169 Å². The largest absolute Gasteiger partial charge is 0.378 e. The van der Waals surface area contributed by atoms with E-state index in [1.54, 1.807) is 23.5 Å². The summed E-state index contributed by atoms with van der Waals surface area (Å²) in [7, 11) is 0. The Labute approximate surface area is 515 Å². The van der Waals surface area contributed by atoms with Gasteiger partial charge in [0.2, 0.25) is 11.8 Å². The molecule has 0 bridgehead atoms. The number of hydrogen-bond donors (Lipinski definition) is 0. The summed E-state index contributed by atoms with van der Waals surface area (Å²) in [6.07, 6.45) is 13.7. The van der Waals surface area contributed by atoms with E-state index in [-0.39, 0.29) is 17.9 Å². The highest BCUT2D eigenvalue weighted by atomic mass is 32.2. The van der Waals surface area contributed by atoms with E-state index < -0.39 is 0 Å². The zero-order valence-corrected chi connectivity index (χ0v) is 54.3. The molecule has 9 rings (SSSR count). The number of carbonyl (C=O) groups excluding carboxylic acids is 2. The Balaban J connectivity index is 0.715. The molecular formula is C72H102N6O4S2. The van der Waals surface area contributed by atoms with Crippen LogP contribution in [0.15, 0.2) is 108 Å². The minimum atomic E-state index is 0.227. The van der Waals surface area contributed by atoms with Gasteiger partial charge in [-0.3, -0.25) is 29.2 Å². The number of thioether (sulfide) groups is 2. The van der Waals surface area contributed by atoms with E-state index in [0.717, 1.165) is 117 Å². The molecule has 1 aliphatic carbocycles. The van der Waals surface area contributed by atoms with Gasteiger partial charge in [-0.2, -0.15) is 0 Å². The molecular weight excluding hydrogens is 1080 g/mol. The average molecular weight is 1180 g/mol. The fourth-order valence-corrected chi connectivity index (χ4v) is 15.5. The molecule has 4 aromatic rings. The maximum Gasteiger partial charge on any atom is 0.233 e. The van der Waals surface area contributed by atoms with Crippen molar-refractivity contribution >= 4 is 35.3 Å². The quantitative estimate of drug-likeness (QED) is 0.0568. The van der Waals surface area contributed by atoms with Crippen LogP contribution >= 0.6 is 23.5 Å². The minimum Gasteiger partial charge on any atom is -0.378 e. The summed E-state index contributed by atoms with van der Waals surface area (Å²) in [6.45, 7) is 31.9. The highest BCUT2D eigenvalue weighted by molar-refractivity contribution is 8.03. The molecule has 0 aromatic heterocycles. The van der Waals surface area contributed by atoms with Gasteiger partial charge in [-0.1, -0.05) is 125 Å². The molecule has 8 atom stereocenters. The summed E-state index contributed by atoms with van der Waals surface area (Å²) in [5.41, 5.74) is 13.6. The topological polar surface area (TPSA) is 72.0 Å². The van der Waals surface area contributed by atoms with Crippen LogP contribution in [-0.2, 0) is 51.3 Å². The Morgan fingerprint density at radius 2 is 1.12 bits per heavy atom. The maximum atomic E-state index is 13.5. The standard InChI is InChI=1S/C72H102N6O4S2/c1-10-56-38-57(11-2)41-64(40-56)62-19-17-60(18-20-62)47-78-53(7)45-75(46-54(78)8)67-25-28-73(29-26-67)71(79)50-83-36-16-34-82-49-66-44-69(66)70-48-74(68-27-30-76(52(6)37-68)72(80)51-84-35-15-33-81-14-5)31-32-77(70)55(9)61-21-23-63(24-22-61)65-42-58(12-3)39-59(13-4)43-65/h15-24,35-36,38-43,52-55,66-70H,10-14,25-34,37,44-51H2,1-9H3/b35-15-,36-16-/t52?,53-,54?,55+,66?,68?,69?,70+/m1/s1. The van der Waals surface area contributed by atoms with Crippen LogP contribution in [-0.4, -0.2) is 168 Å². The van der Waals surface area contributed by atoms with Gasteiger partial charge in [0, 0.05) is 108 Å². The molecule has 4 aliphatic heterocycles. The molecule has 84 heavy (non-hydrogen) atoms. The summed E-state index contributed by atoms with van der Waals surface area (Å²) in [5.74, 6) is 2.57. The van der Waals surface area contributed by atoms with Crippen molar-refractivity contribution < 1.29 is 19.1 Å². The first-order chi connectivity index (χ1) is 40.9. The van der Waals surface area contributed by atoms with Crippen LogP contribution in [0.25, 0.3) is 22.3 Å². The summed E-state index contributed by atoms with van der Waals surface area (Å²) < 4.78 is 11.8. The van der Waals surface area contributed by atoms with Crippen LogP contribution in [0.5, 0.6) is 0 Å². The fraction of sp³-hybridized carbons (Fsp3) is 0.583. The van der Waals surface area contributed by atoms with Crippen molar-refractivity contribution in [2.24, 2.45) is 11.8 Å². The van der Waals surface area contributed by atoms with Gasteiger partial charge in [-0.25, -0.2) is 0 Å². The van der Waals surface area contributed by atoms with Crippen LogP contribution in [0.4, 0.5) is 0 Å². The van der Waals surface area contributed by atoms with Gasteiger partial charge in [0.25, 0.3) is 0 Å². The van der Waals surface area contributed by atoms with Gasteiger partial charge in [0.1, 0.15) is 0 Å². The Morgan fingerprint density at radius 1 is 0.571 bits per heavy atom. The molecule has 456 valence electrons. The van der Waals surface area contributed by atoms with Gasteiger partial charge in [-0.05, 0) is 171 Å². The van der Waals surface area contributed by atoms with Gasteiger partial charge in [-0.15, -0.1) is 23.5 Å². The number of hydrogen-bond acceptors (Lipinski definition) is 10. The van der Waals surface area contributed by atoms with Crippen LogP contribution in [0.1, 0.15) is 134 Å². The number of piperazine rings is 2. The Kier molecular flexibility index (Phi) is 24.2. The Morgan fingerprint density at radius 3 is 1.68 bits per heavy atom. The highest BCUT2D eigenvalue weighted by Gasteiger charge is 2.49. The van der Waals surface area contributed by atoms with Crippen molar-refractivity contribution in [3.8, 4) is 22.3 Å². The van der Waals surface area contributed by atoms with Crippen molar-refractivity contribution in [3.05, 3.63) is 141 Å². The summed E-state index contributed by atoms with van der Waals surface area (Å²) >= 11 is 3.17. The molecule has 5 fully saturated rings. The molecule has 2 amide bonds. The predicted molar refractivity (Wildman–Crippen MR) is 354 cm³/mol. The molecule has 4 aromatic carbocycles. The normalized spacial score (nSPS) is 24.6. The predicted octanol–water partition coefficient (Wildman–Crippen LogP) is 13.5. The van der Waals surface area contributed by atoms with Crippen molar-refractivity contribution in [1.29, 1.82) is 0 Å². The Bertz CT molecular complexity index is 2720. The van der Waals surface area contributed by atoms with Crippen molar-refractivity contribution in [2.75, 3.05) is 90.3 Å². The van der Waals surface area contributed by atoms with E-state index in [9.17, 15) is 9.59 Å². The minimum absolute atomic E-state index is 0.227. The van der Waals surface area contributed by atoms with Crippen LogP contribution in [0.2, 0.25) is 0 Å². The third kappa shape index (κ3) is 17.1. The highest BCUT2D eigenvalue weighted by Crippen LogP contribution is 2.47. The lowest BCUT2D eigenvalue weighted by atomic mass is 9.92. The number of benzene rings is 4. The number of likely N-dealkylation sites (tertiary alicyclic amines) is 2. The Hall–Kier alpha value is -4.24. The van der Waals surface area contributed by atoms with E-state index in [1.807, 2.05) is 18.4 Å². The molecule has 4 heterocycles. The van der Waals surface area contributed by atoms with Gasteiger partial charge >= 0.3 is 0 Å². The van der Waals surface area contributed by atoms with Gasteiger partial charge < -0.3 is 19.3 Å². The number of piperidine rings is 2. The van der Waals surface area contributed by atoms with Gasteiger partial charge in [0.15, 0.2) is 0 Å². The summed E-state index contributed by atoms with van der Waals surface area (Å²) in [4.78, 5) is 42.1. The molecule has 0 spiro atoms. The van der Waals surface area contributed by atoms with E-state index in [0.29, 0.717) is 79.4 Å². The molecule has 4 saturated heterocycles. The third-order valence-corrected chi connectivity index (χ3v) is 21.1. The van der Waals surface area contributed by atoms with Gasteiger partial charge in [0.05, 0.1) is 31.3 Å². The maximum absolute atomic E-state index is 13.5. The SMILES string of the molecule is CCOC/C=C\SCC(=O)N1CCC(N2CCN([C@@H](C)c3ccc(-c4cc(CC)cc(CC)c4)cc3)[C@H](C3CC3COC/C=C\SCC(=O)N3CCC(N4CC(C)N(Cc5ccc(-c6cc(CC)cc(CC)c6)cc5)[C@H](C)C4)CC3)C2)CC1C. The molecule has 10 nitrogen and oxygen atoms in total. The summed E-state index contributed by atoms with van der Waals surface area (Å²) in [6, 6.07) is 35.8. The first-order valence-corrected chi connectivity index (χ1v) is 34.7. The molecule has 1 saturated carbocycles. The monoisotopic (exact) mass is 1180 g/mol. The van der Waals surface area contributed by atoms with E-state index in [2.05, 4.69) is 181 Å². The lowest BCUT2D eigenvalue weighted by Gasteiger charge is -2.50. The summed E-state index contributed by atoms with van der Waals surface area (Å²) in [5, 5.41) is 4.09. The zero-order chi connectivity index (χ0) is 59.1. The number of aryl methyl sites for hydroxylation is 4. The number of amides is 2. The second-order valence-corrected chi connectivity index (χ2v) is 26.8. The van der Waals surface area contributed by atoms with Crippen LogP contribution in [0, 0.1) is 11.8 Å². The number of nitrogens with zero attached hydrogens (tertiary/aromatic N) is 6. The lowest BCUT2D eigenvalue weighted by Crippen LogP contribution is -2.60. The van der Waals surface area contributed by atoms with E-state index >= 15 is 0 Å². The average Bonchev–Trinajstić information content (AvgIpc) is 4.49. The molecule has 0 N–H and O–H groups in total. The molecule has 12 heteroatoms. The second kappa shape index (κ2) is 31.6. The number of carbonyl (C=O) groups is 2. The number of rotatable bonds is 26. The molecule has 5 unspecified atom stereocenters. The van der Waals surface area contributed by atoms with E-state index in [4.69, 9.17) is 9.47 Å². The first kappa shape index (κ1) is 64.2. The molecule has 0 radical (unpaired) electrons. The lowest BCUT2D eigenvalue weighted by molar-refractivity contribution is -0.133. The van der Waals surface area contributed by atoms with Crippen LogP contribution < -0.4 is 0 Å². The van der Waals surface area contributed by atoms with Crippen molar-refractivity contribution in [3.63, 3.8) is 0 Å². The van der Waals surface area contributed by atoms with E-state index in [1.165, 1.54) is 62.1 Å². The van der Waals surface area contributed by atoms with Crippen molar-refractivity contribution in [1.82, 2.24) is 29.4 Å². The fourth-order valence-electron chi connectivity index (χ4n) is 14.2. The third-order valence-electron chi connectivity index (χ3n) is 19.5. The first-order valence-electron chi connectivity index (χ1n) is 32.6. The second-order valence-electron chi connectivity index (χ2n) is 25.1. The number of ether oxygens (including phenoxy) is 2. The van der Waals surface area contributed by atoms with Crippen LogP contribution in [0.3, 0.4) is 0 Å². The zero-order valence-electron chi connectivity index (χ0n) is 52.7. The smallest absolute Gasteiger partial charge is 0.233 e.